The van der Waals surface area contributed by atoms with E-state index >= 15 is 0 Å². The van der Waals surface area contributed by atoms with E-state index in [0.29, 0.717) is 18.4 Å². The van der Waals surface area contributed by atoms with E-state index in [9.17, 15) is 0 Å². The first-order valence-corrected chi connectivity index (χ1v) is 7.61. The highest BCUT2D eigenvalue weighted by molar-refractivity contribution is 6.17. The molecule has 0 radical (unpaired) electrons. The largest absolute Gasteiger partial charge is 0.379 e. The van der Waals surface area contributed by atoms with E-state index in [-0.39, 0.29) is 0 Å². The van der Waals surface area contributed by atoms with Crippen molar-refractivity contribution in [2.24, 2.45) is 5.92 Å². The van der Waals surface area contributed by atoms with Crippen LogP contribution in [0.1, 0.15) is 25.4 Å². The van der Waals surface area contributed by atoms with E-state index in [1.807, 2.05) is 19.1 Å². The summed E-state index contributed by atoms with van der Waals surface area (Å²) < 4.78 is 7.80. The van der Waals surface area contributed by atoms with Gasteiger partial charge in [-0.1, -0.05) is 13.8 Å². The van der Waals surface area contributed by atoms with Crippen molar-refractivity contribution in [1.82, 2.24) is 14.5 Å². The van der Waals surface area contributed by atoms with E-state index in [2.05, 4.69) is 28.4 Å². The highest BCUT2D eigenvalue weighted by Crippen LogP contribution is 2.16. The molecule has 0 aromatic carbocycles. The summed E-state index contributed by atoms with van der Waals surface area (Å²) in [6, 6.07) is 4.00. The second kappa shape index (κ2) is 7.04. The van der Waals surface area contributed by atoms with Crippen molar-refractivity contribution in [3.63, 3.8) is 0 Å². The zero-order chi connectivity index (χ0) is 14.5. The van der Waals surface area contributed by atoms with Gasteiger partial charge in [-0.3, -0.25) is 0 Å². The maximum atomic E-state index is 5.86. The van der Waals surface area contributed by atoms with Crippen molar-refractivity contribution >= 4 is 22.8 Å². The zero-order valence-corrected chi connectivity index (χ0v) is 13.2. The van der Waals surface area contributed by atoms with Crippen LogP contribution in [0.15, 0.2) is 12.1 Å². The Balaban J connectivity index is 2.19. The molecule has 0 aliphatic carbocycles. The molecule has 2 heterocycles. The molecular weight excluding hydrogens is 274 g/mol. The van der Waals surface area contributed by atoms with Crippen molar-refractivity contribution in [2.75, 3.05) is 19.1 Å². The molecule has 0 N–H and O–H groups in total. The van der Waals surface area contributed by atoms with Gasteiger partial charge in [-0.2, -0.15) is 0 Å². The van der Waals surface area contributed by atoms with Crippen molar-refractivity contribution in [2.45, 2.75) is 33.7 Å². The first kappa shape index (κ1) is 15.3. The van der Waals surface area contributed by atoms with Gasteiger partial charge in [0.15, 0.2) is 5.65 Å². The van der Waals surface area contributed by atoms with Gasteiger partial charge >= 0.3 is 0 Å². The summed E-state index contributed by atoms with van der Waals surface area (Å²) in [7, 11) is 0. The summed E-state index contributed by atoms with van der Waals surface area (Å²) in [5, 5.41) is 0. The minimum Gasteiger partial charge on any atom is -0.379 e. The van der Waals surface area contributed by atoms with Crippen LogP contribution in [0.25, 0.3) is 11.2 Å². The predicted octanol–water partition coefficient (Wildman–Crippen LogP) is 3.19. The highest BCUT2D eigenvalue weighted by Gasteiger charge is 2.11. The molecule has 5 heteroatoms. The number of ether oxygens (including phenoxy) is 1. The molecule has 2 aromatic rings. The van der Waals surface area contributed by atoms with Crippen LogP contribution < -0.4 is 0 Å². The van der Waals surface area contributed by atoms with Gasteiger partial charge in [0, 0.05) is 31.1 Å². The number of fused-ring (bicyclic) bond motifs is 1. The fourth-order valence-corrected chi connectivity index (χ4v) is 2.30. The normalized spacial score (nSPS) is 11.7. The number of hydrogen-bond acceptors (Lipinski definition) is 3. The third-order valence-electron chi connectivity index (χ3n) is 3.04. The molecule has 0 spiro atoms. The van der Waals surface area contributed by atoms with E-state index in [4.69, 9.17) is 16.3 Å². The lowest BCUT2D eigenvalue weighted by atomic mass is 10.2. The van der Waals surface area contributed by atoms with Gasteiger partial charge < -0.3 is 9.30 Å². The summed E-state index contributed by atoms with van der Waals surface area (Å²) in [6.45, 7) is 8.52. The number of imidazole rings is 1. The molecule has 0 saturated heterocycles. The summed E-state index contributed by atoms with van der Waals surface area (Å²) in [5.74, 6) is 2.10. The average molecular weight is 296 g/mol. The third kappa shape index (κ3) is 3.70. The van der Waals surface area contributed by atoms with Gasteiger partial charge in [0.25, 0.3) is 0 Å². The number of aromatic nitrogens is 3. The number of hydrogen-bond donors (Lipinski definition) is 0. The maximum Gasteiger partial charge on any atom is 0.160 e. The molecule has 0 fully saturated rings. The fraction of sp³-hybridized carbons (Fsp3) is 0.600. The monoisotopic (exact) mass is 295 g/mol. The van der Waals surface area contributed by atoms with E-state index in [1.54, 1.807) is 0 Å². The van der Waals surface area contributed by atoms with Crippen LogP contribution in [0.2, 0.25) is 0 Å². The number of aryl methyl sites for hydroxylation is 2. The van der Waals surface area contributed by atoms with Crippen LogP contribution in [0.3, 0.4) is 0 Å². The van der Waals surface area contributed by atoms with Crippen LogP contribution in [0.5, 0.6) is 0 Å². The Bertz CT molecular complexity index is 565. The zero-order valence-electron chi connectivity index (χ0n) is 12.4. The lowest BCUT2D eigenvalue weighted by Gasteiger charge is -2.10. The molecule has 0 aliphatic heterocycles. The first-order valence-electron chi connectivity index (χ1n) is 7.08. The minimum absolute atomic E-state index is 0.553. The number of rotatable bonds is 7. The second-order valence-corrected chi connectivity index (χ2v) is 5.76. The lowest BCUT2D eigenvalue weighted by molar-refractivity contribution is 0.103. The topological polar surface area (TPSA) is 39.9 Å². The lowest BCUT2D eigenvalue weighted by Crippen LogP contribution is -2.12. The quantitative estimate of drug-likeness (QED) is 0.582. The highest BCUT2D eigenvalue weighted by atomic mass is 35.5. The molecule has 0 saturated carbocycles. The van der Waals surface area contributed by atoms with Crippen molar-refractivity contribution in [3.05, 3.63) is 23.7 Å². The first-order chi connectivity index (χ1) is 9.61. The molecular formula is C15H22ClN3O. The maximum absolute atomic E-state index is 5.86. The molecule has 0 unspecified atom stereocenters. The second-order valence-electron chi connectivity index (χ2n) is 5.38. The SMILES string of the molecule is Cc1ccc2nc(CCCl)n(CCOCC(C)C)c2n1. The summed E-state index contributed by atoms with van der Waals surface area (Å²) in [5.41, 5.74) is 2.86. The molecule has 0 amide bonds. The van der Waals surface area contributed by atoms with Crippen molar-refractivity contribution in [1.29, 1.82) is 0 Å². The Labute approximate surface area is 125 Å². The van der Waals surface area contributed by atoms with Crippen LogP contribution in [0, 0.1) is 12.8 Å². The molecule has 110 valence electrons. The van der Waals surface area contributed by atoms with Crippen molar-refractivity contribution in [3.8, 4) is 0 Å². The molecule has 2 rings (SSSR count). The molecule has 4 nitrogen and oxygen atoms in total. The predicted molar refractivity (Wildman–Crippen MR) is 82.3 cm³/mol. The number of alkyl halides is 1. The Morgan fingerprint density at radius 1 is 1.30 bits per heavy atom. The number of pyridine rings is 1. The fourth-order valence-electron chi connectivity index (χ4n) is 2.13. The van der Waals surface area contributed by atoms with Gasteiger partial charge in [-0.15, -0.1) is 11.6 Å². The van der Waals surface area contributed by atoms with Gasteiger partial charge in [0.1, 0.15) is 11.3 Å². The minimum atomic E-state index is 0.553. The van der Waals surface area contributed by atoms with Crippen molar-refractivity contribution < 1.29 is 4.74 Å². The molecule has 0 aliphatic rings. The molecule has 20 heavy (non-hydrogen) atoms. The van der Waals surface area contributed by atoms with Gasteiger partial charge in [-0.05, 0) is 25.0 Å². The average Bonchev–Trinajstić information content (AvgIpc) is 2.72. The Hall–Kier alpha value is -1.13. The summed E-state index contributed by atoms with van der Waals surface area (Å²) >= 11 is 5.86. The van der Waals surface area contributed by atoms with Gasteiger partial charge in [0.2, 0.25) is 0 Å². The van der Waals surface area contributed by atoms with Crippen LogP contribution in [0.4, 0.5) is 0 Å². The smallest absolute Gasteiger partial charge is 0.160 e. The van der Waals surface area contributed by atoms with Crippen LogP contribution >= 0.6 is 11.6 Å². The van der Waals surface area contributed by atoms with Crippen LogP contribution in [-0.4, -0.2) is 33.6 Å². The Morgan fingerprint density at radius 2 is 2.10 bits per heavy atom. The third-order valence-corrected chi connectivity index (χ3v) is 3.23. The van der Waals surface area contributed by atoms with Gasteiger partial charge in [-0.25, -0.2) is 9.97 Å². The summed E-state index contributed by atoms with van der Waals surface area (Å²) in [4.78, 5) is 9.21. The standard InChI is InChI=1S/C15H22ClN3O/c1-11(2)10-20-9-8-19-14(6-7-16)18-13-5-4-12(3)17-15(13)19/h4-5,11H,6-10H2,1-3H3. The van der Waals surface area contributed by atoms with E-state index in [1.165, 1.54) is 0 Å². The van der Waals surface area contributed by atoms with E-state index < -0.39 is 0 Å². The molecule has 0 atom stereocenters. The molecule has 2 aromatic heterocycles. The molecule has 0 bridgehead atoms. The summed E-state index contributed by atoms with van der Waals surface area (Å²) in [6.07, 6.45) is 0.751. The number of nitrogens with zero attached hydrogens (tertiary/aromatic N) is 3. The Morgan fingerprint density at radius 3 is 2.80 bits per heavy atom. The Kier molecular flexibility index (Phi) is 5.38. The van der Waals surface area contributed by atoms with Gasteiger partial charge in [0.05, 0.1) is 6.61 Å². The van der Waals surface area contributed by atoms with Crippen LogP contribution in [-0.2, 0) is 17.7 Å². The van der Waals surface area contributed by atoms with E-state index in [0.717, 1.165) is 42.3 Å². The number of halogens is 1.